The van der Waals surface area contributed by atoms with Gasteiger partial charge in [0, 0.05) is 32.3 Å². The first-order valence-corrected chi connectivity index (χ1v) is 7.86. The van der Waals surface area contributed by atoms with Crippen molar-refractivity contribution in [1.29, 1.82) is 0 Å². The summed E-state index contributed by atoms with van der Waals surface area (Å²) < 4.78 is 5.35. The first-order valence-electron chi connectivity index (χ1n) is 7.86. The normalized spacial score (nSPS) is 20.4. The number of methoxy groups -OCH3 is 1. The third-order valence-corrected chi connectivity index (χ3v) is 4.52. The molecule has 1 aromatic carbocycles. The summed E-state index contributed by atoms with van der Waals surface area (Å²) in [5, 5.41) is 0. The van der Waals surface area contributed by atoms with Crippen LogP contribution in [0.15, 0.2) is 24.3 Å². The maximum Gasteiger partial charge on any atom is 0.0716 e. The van der Waals surface area contributed by atoms with Crippen LogP contribution in [0, 0.1) is 5.92 Å². The quantitative estimate of drug-likeness (QED) is 0.792. The van der Waals surface area contributed by atoms with Gasteiger partial charge in [-0.25, -0.2) is 0 Å². The lowest BCUT2D eigenvalue weighted by Gasteiger charge is -2.32. The molecule has 0 heterocycles. The van der Waals surface area contributed by atoms with Gasteiger partial charge in [0.1, 0.15) is 0 Å². The van der Waals surface area contributed by atoms with Crippen LogP contribution in [0.1, 0.15) is 42.9 Å². The topological polar surface area (TPSA) is 38.5 Å². The Morgan fingerprint density at radius 2 is 2.00 bits per heavy atom. The lowest BCUT2D eigenvalue weighted by atomic mass is 9.98. The summed E-state index contributed by atoms with van der Waals surface area (Å²) in [4.78, 5) is 2.67. The van der Waals surface area contributed by atoms with Gasteiger partial charge in [0.2, 0.25) is 0 Å². The van der Waals surface area contributed by atoms with Crippen molar-refractivity contribution in [2.24, 2.45) is 11.7 Å². The Hall–Kier alpha value is -0.900. The molecule has 2 N–H and O–H groups in total. The van der Waals surface area contributed by atoms with Gasteiger partial charge in [-0.15, -0.1) is 0 Å². The van der Waals surface area contributed by atoms with E-state index in [0.717, 1.165) is 12.0 Å². The average molecular weight is 274 g/mol. The highest BCUT2D eigenvalue weighted by Crippen LogP contribution is 2.40. The molecule has 0 aliphatic heterocycles. The minimum atomic E-state index is 0.356. The molecule has 2 aliphatic rings. The summed E-state index contributed by atoms with van der Waals surface area (Å²) in [6.45, 7) is 2.60. The summed E-state index contributed by atoms with van der Waals surface area (Å²) in [7, 11) is 1.76. The molecule has 2 fully saturated rings. The Balaban J connectivity index is 1.82. The van der Waals surface area contributed by atoms with E-state index in [1.54, 1.807) is 7.11 Å². The van der Waals surface area contributed by atoms with E-state index in [1.807, 2.05) is 0 Å². The Kier molecular flexibility index (Phi) is 4.39. The summed E-state index contributed by atoms with van der Waals surface area (Å²) in [5.41, 5.74) is 8.80. The van der Waals surface area contributed by atoms with Gasteiger partial charge in [-0.05, 0) is 42.7 Å². The second kappa shape index (κ2) is 6.25. The number of rotatable bonds is 8. The maximum atomic E-state index is 6.15. The van der Waals surface area contributed by atoms with Crippen LogP contribution in [0.3, 0.4) is 0 Å². The number of hydrogen-bond acceptors (Lipinski definition) is 3. The molecule has 110 valence electrons. The monoisotopic (exact) mass is 274 g/mol. The standard InChI is InChI=1S/C17H26N2O/c1-20-12-14-4-2-3-5-16(14)17(10-18)19(15-8-9-15)11-13-6-7-13/h2-5,13,15,17H,6-12,18H2,1H3. The van der Waals surface area contributed by atoms with Gasteiger partial charge < -0.3 is 10.5 Å². The van der Waals surface area contributed by atoms with Gasteiger partial charge in [-0.3, -0.25) is 4.90 Å². The molecular formula is C17H26N2O. The Bertz CT molecular complexity index is 440. The van der Waals surface area contributed by atoms with E-state index in [0.29, 0.717) is 19.2 Å². The first-order chi connectivity index (χ1) is 9.83. The van der Waals surface area contributed by atoms with Crippen LogP contribution >= 0.6 is 0 Å². The number of nitrogens with zero attached hydrogens (tertiary/aromatic N) is 1. The smallest absolute Gasteiger partial charge is 0.0716 e. The molecule has 2 saturated carbocycles. The van der Waals surface area contributed by atoms with Crippen molar-refractivity contribution >= 4 is 0 Å². The minimum absolute atomic E-state index is 0.356. The lowest BCUT2D eigenvalue weighted by molar-refractivity contribution is 0.167. The van der Waals surface area contributed by atoms with Gasteiger partial charge in [0.15, 0.2) is 0 Å². The van der Waals surface area contributed by atoms with E-state index in [-0.39, 0.29) is 0 Å². The highest BCUT2D eigenvalue weighted by atomic mass is 16.5. The van der Waals surface area contributed by atoms with Crippen LogP contribution in [0.5, 0.6) is 0 Å². The zero-order valence-electron chi connectivity index (χ0n) is 12.4. The van der Waals surface area contributed by atoms with E-state index in [1.165, 1.54) is 43.4 Å². The molecule has 3 nitrogen and oxygen atoms in total. The molecule has 0 aromatic heterocycles. The van der Waals surface area contributed by atoms with Crippen molar-refractivity contribution in [1.82, 2.24) is 4.90 Å². The zero-order valence-corrected chi connectivity index (χ0v) is 12.4. The number of ether oxygens (including phenoxy) is 1. The zero-order chi connectivity index (χ0) is 13.9. The molecular weight excluding hydrogens is 248 g/mol. The SMILES string of the molecule is COCc1ccccc1C(CN)N(CC1CC1)C1CC1. The van der Waals surface area contributed by atoms with Crippen LogP contribution in [0.25, 0.3) is 0 Å². The van der Waals surface area contributed by atoms with Gasteiger partial charge >= 0.3 is 0 Å². The summed E-state index contributed by atoms with van der Waals surface area (Å²) in [6, 6.07) is 9.74. The third kappa shape index (κ3) is 3.22. The fourth-order valence-corrected chi connectivity index (χ4v) is 3.12. The number of nitrogens with two attached hydrogens (primary N) is 1. The van der Waals surface area contributed by atoms with E-state index in [9.17, 15) is 0 Å². The second-order valence-corrected chi connectivity index (χ2v) is 6.25. The number of hydrogen-bond donors (Lipinski definition) is 1. The molecule has 2 aliphatic carbocycles. The fourth-order valence-electron chi connectivity index (χ4n) is 3.12. The third-order valence-electron chi connectivity index (χ3n) is 4.52. The van der Waals surface area contributed by atoms with Gasteiger partial charge in [-0.2, -0.15) is 0 Å². The Morgan fingerprint density at radius 3 is 2.60 bits per heavy atom. The second-order valence-electron chi connectivity index (χ2n) is 6.25. The molecule has 3 heteroatoms. The van der Waals surface area contributed by atoms with Crippen molar-refractivity contribution in [2.75, 3.05) is 20.2 Å². The molecule has 0 saturated heterocycles. The van der Waals surface area contributed by atoms with Crippen molar-refractivity contribution < 1.29 is 4.74 Å². The Morgan fingerprint density at radius 1 is 1.25 bits per heavy atom. The van der Waals surface area contributed by atoms with Crippen LogP contribution < -0.4 is 5.73 Å². The lowest BCUT2D eigenvalue weighted by Crippen LogP contribution is -2.37. The highest BCUT2D eigenvalue weighted by molar-refractivity contribution is 5.30. The molecule has 1 aromatic rings. The predicted molar refractivity (Wildman–Crippen MR) is 81.4 cm³/mol. The molecule has 0 radical (unpaired) electrons. The fraction of sp³-hybridized carbons (Fsp3) is 0.647. The molecule has 1 unspecified atom stereocenters. The summed E-state index contributed by atoms with van der Waals surface area (Å²) >= 11 is 0. The Labute approximate surface area is 122 Å². The minimum Gasteiger partial charge on any atom is -0.380 e. The summed E-state index contributed by atoms with van der Waals surface area (Å²) in [5.74, 6) is 0.916. The first kappa shape index (κ1) is 14.1. The molecule has 0 spiro atoms. The van der Waals surface area contributed by atoms with Crippen LogP contribution in [0.4, 0.5) is 0 Å². The largest absolute Gasteiger partial charge is 0.380 e. The van der Waals surface area contributed by atoms with Crippen LogP contribution in [-0.2, 0) is 11.3 Å². The van der Waals surface area contributed by atoms with Crippen molar-refractivity contribution in [3.8, 4) is 0 Å². The van der Waals surface area contributed by atoms with E-state index >= 15 is 0 Å². The van der Waals surface area contributed by atoms with Crippen LogP contribution in [0.2, 0.25) is 0 Å². The number of benzene rings is 1. The predicted octanol–water partition coefficient (Wildman–Crippen LogP) is 2.71. The maximum absolute atomic E-state index is 6.15. The molecule has 0 bridgehead atoms. The van der Waals surface area contributed by atoms with Gasteiger partial charge in [-0.1, -0.05) is 24.3 Å². The molecule has 20 heavy (non-hydrogen) atoms. The van der Waals surface area contributed by atoms with E-state index < -0.39 is 0 Å². The molecule has 3 rings (SSSR count). The molecule has 1 atom stereocenters. The van der Waals surface area contributed by atoms with Crippen LogP contribution in [-0.4, -0.2) is 31.1 Å². The molecule has 0 amide bonds. The van der Waals surface area contributed by atoms with Crippen molar-refractivity contribution in [2.45, 2.75) is 44.4 Å². The van der Waals surface area contributed by atoms with Gasteiger partial charge in [0.25, 0.3) is 0 Å². The van der Waals surface area contributed by atoms with Crippen molar-refractivity contribution in [3.05, 3.63) is 35.4 Å². The van der Waals surface area contributed by atoms with E-state index in [2.05, 4.69) is 29.2 Å². The highest BCUT2D eigenvalue weighted by Gasteiger charge is 2.38. The van der Waals surface area contributed by atoms with Crippen molar-refractivity contribution in [3.63, 3.8) is 0 Å². The van der Waals surface area contributed by atoms with Gasteiger partial charge in [0.05, 0.1) is 6.61 Å². The summed E-state index contributed by atoms with van der Waals surface area (Å²) in [6.07, 6.45) is 5.49. The average Bonchev–Trinajstić information content (AvgIpc) is 3.34. The van der Waals surface area contributed by atoms with E-state index in [4.69, 9.17) is 10.5 Å².